The van der Waals surface area contributed by atoms with Gasteiger partial charge in [-0.2, -0.15) is 0 Å². The maximum absolute atomic E-state index is 12.1. The Balaban J connectivity index is 1.91. The van der Waals surface area contributed by atoms with E-state index >= 15 is 0 Å². The van der Waals surface area contributed by atoms with Gasteiger partial charge < -0.3 is 10.4 Å². The molecular formula is C16H23NO2S. The number of thiophene rings is 1. The summed E-state index contributed by atoms with van der Waals surface area (Å²) in [6, 6.07) is 3.97. The van der Waals surface area contributed by atoms with E-state index in [4.69, 9.17) is 0 Å². The Bertz CT molecular complexity index is 459. The normalized spacial score (nSPS) is 18.8. The second-order valence-corrected chi connectivity index (χ2v) is 6.72. The van der Waals surface area contributed by atoms with E-state index in [1.165, 1.54) is 6.42 Å². The number of aliphatic hydroxyl groups excluding tert-OH is 1. The molecule has 1 saturated carbocycles. The third-order valence-corrected chi connectivity index (χ3v) is 4.95. The van der Waals surface area contributed by atoms with Crippen molar-refractivity contribution >= 4 is 23.3 Å². The van der Waals surface area contributed by atoms with Crippen molar-refractivity contribution in [1.29, 1.82) is 0 Å². The zero-order chi connectivity index (χ0) is 14.4. The van der Waals surface area contributed by atoms with Crippen molar-refractivity contribution in [1.82, 2.24) is 5.32 Å². The number of carbonyl (C=O) groups excluding carboxylic acids is 1. The Morgan fingerprint density at radius 1 is 1.45 bits per heavy atom. The lowest BCUT2D eigenvalue weighted by atomic mass is 9.74. The Labute approximate surface area is 124 Å². The van der Waals surface area contributed by atoms with Crippen molar-refractivity contribution in [2.45, 2.75) is 39.0 Å². The molecule has 20 heavy (non-hydrogen) atoms. The Hall–Kier alpha value is -1.13. The molecule has 110 valence electrons. The van der Waals surface area contributed by atoms with Crippen molar-refractivity contribution in [2.75, 3.05) is 13.2 Å². The Morgan fingerprint density at radius 2 is 2.20 bits per heavy atom. The number of carbonyl (C=O) groups is 1. The highest BCUT2D eigenvalue weighted by atomic mass is 32.1. The predicted octanol–water partition coefficient (Wildman–Crippen LogP) is 3.21. The van der Waals surface area contributed by atoms with Gasteiger partial charge in [0, 0.05) is 22.4 Å². The van der Waals surface area contributed by atoms with Crippen LogP contribution in [0.15, 0.2) is 23.1 Å². The van der Waals surface area contributed by atoms with Crippen molar-refractivity contribution in [2.24, 2.45) is 5.41 Å². The molecule has 1 aromatic rings. The monoisotopic (exact) mass is 293 g/mol. The van der Waals surface area contributed by atoms with Gasteiger partial charge in [-0.3, -0.25) is 4.79 Å². The van der Waals surface area contributed by atoms with Gasteiger partial charge in [-0.1, -0.05) is 25.3 Å². The van der Waals surface area contributed by atoms with E-state index in [2.05, 4.69) is 5.32 Å². The number of nitrogens with one attached hydrogen (secondary N) is 1. The van der Waals surface area contributed by atoms with Crippen molar-refractivity contribution in [3.05, 3.63) is 28.0 Å². The van der Waals surface area contributed by atoms with Crippen LogP contribution in [0.1, 0.15) is 43.9 Å². The molecule has 2 N–H and O–H groups in total. The Kier molecular flexibility index (Phi) is 5.38. The topological polar surface area (TPSA) is 49.3 Å². The van der Waals surface area contributed by atoms with Crippen LogP contribution in [0, 0.1) is 5.41 Å². The number of rotatable bonds is 5. The van der Waals surface area contributed by atoms with Gasteiger partial charge in [0.25, 0.3) is 0 Å². The summed E-state index contributed by atoms with van der Waals surface area (Å²) >= 11 is 1.62. The molecule has 4 heteroatoms. The molecule has 0 saturated heterocycles. The second kappa shape index (κ2) is 7.04. The number of aliphatic hydroxyl groups is 1. The molecule has 0 unspecified atom stereocenters. The lowest BCUT2D eigenvalue weighted by Crippen LogP contribution is -2.41. The van der Waals surface area contributed by atoms with E-state index in [-0.39, 0.29) is 17.9 Å². The van der Waals surface area contributed by atoms with Crippen molar-refractivity contribution < 1.29 is 9.90 Å². The molecule has 1 aliphatic rings. The minimum atomic E-state index is -0.100. The van der Waals surface area contributed by atoms with Gasteiger partial charge in [0.05, 0.1) is 6.61 Å². The minimum absolute atomic E-state index is 0.0307. The molecule has 1 aromatic heterocycles. The van der Waals surface area contributed by atoms with Gasteiger partial charge in [-0.15, -0.1) is 11.3 Å². The highest BCUT2D eigenvalue weighted by Gasteiger charge is 2.31. The van der Waals surface area contributed by atoms with E-state index in [9.17, 15) is 9.90 Å². The summed E-state index contributed by atoms with van der Waals surface area (Å²) in [6.07, 6.45) is 7.48. The lowest BCUT2D eigenvalue weighted by Gasteiger charge is -2.35. The summed E-state index contributed by atoms with van der Waals surface area (Å²) in [5.74, 6) is -0.0307. The van der Waals surface area contributed by atoms with E-state index in [1.54, 1.807) is 11.3 Å². The van der Waals surface area contributed by atoms with Crippen LogP contribution in [-0.2, 0) is 4.79 Å². The molecule has 0 bridgehead atoms. The molecule has 2 rings (SSSR count). The first kappa shape index (κ1) is 15.3. The van der Waals surface area contributed by atoms with Crippen LogP contribution in [-0.4, -0.2) is 24.2 Å². The number of hydrogen-bond acceptors (Lipinski definition) is 3. The fraction of sp³-hybridized carbons (Fsp3) is 0.562. The van der Waals surface area contributed by atoms with Gasteiger partial charge in [-0.05, 0) is 37.3 Å². The first-order valence-electron chi connectivity index (χ1n) is 7.26. The molecule has 1 heterocycles. The SMILES string of the molecule is C/C(=C\c1cccs1)C(=O)NCC1(CO)CCCCC1. The van der Waals surface area contributed by atoms with Crippen LogP contribution in [0.5, 0.6) is 0 Å². The predicted molar refractivity (Wildman–Crippen MR) is 83.6 cm³/mol. The van der Waals surface area contributed by atoms with E-state index in [0.29, 0.717) is 6.54 Å². The third-order valence-electron chi connectivity index (χ3n) is 4.13. The largest absolute Gasteiger partial charge is 0.396 e. The lowest BCUT2D eigenvalue weighted by molar-refractivity contribution is -0.118. The van der Waals surface area contributed by atoms with Crippen molar-refractivity contribution in [3.63, 3.8) is 0 Å². The van der Waals surface area contributed by atoms with Crippen LogP contribution in [0.4, 0.5) is 0 Å². The zero-order valence-corrected chi connectivity index (χ0v) is 12.8. The molecule has 1 amide bonds. The van der Waals surface area contributed by atoms with Crippen LogP contribution in [0.25, 0.3) is 6.08 Å². The maximum Gasteiger partial charge on any atom is 0.246 e. The zero-order valence-electron chi connectivity index (χ0n) is 12.0. The van der Waals surface area contributed by atoms with E-state index in [1.807, 2.05) is 30.5 Å². The third kappa shape index (κ3) is 3.93. The summed E-state index contributed by atoms with van der Waals surface area (Å²) in [6.45, 7) is 2.58. The van der Waals surface area contributed by atoms with Crippen LogP contribution in [0.2, 0.25) is 0 Å². The first-order chi connectivity index (χ1) is 9.65. The van der Waals surface area contributed by atoms with Gasteiger partial charge in [0.2, 0.25) is 5.91 Å². The van der Waals surface area contributed by atoms with Gasteiger partial charge in [0.15, 0.2) is 0 Å². The summed E-state index contributed by atoms with van der Waals surface area (Å²) in [7, 11) is 0. The fourth-order valence-corrected chi connectivity index (χ4v) is 3.47. The quantitative estimate of drug-likeness (QED) is 0.819. The average Bonchev–Trinajstić information content (AvgIpc) is 2.98. The van der Waals surface area contributed by atoms with Crippen LogP contribution >= 0.6 is 11.3 Å². The molecule has 1 fully saturated rings. The average molecular weight is 293 g/mol. The standard InChI is InChI=1S/C16H23NO2S/c1-13(10-14-6-5-9-20-14)15(19)17-11-16(12-18)7-3-2-4-8-16/h5-6,9-10,18H,2-4,7-8,11-12H2,1H3,(H,17,19)/b13-10+. The second-order valence-electron chi connectivity index (χ2n) is 5.74. The summed E-state index contributed by atoms with van der Waals surface area (Å²) < 4.78 is 0. The Morgan fingerprint density at radius 3 is 2.80 bits per heavy atom. The molecule has 1 aliphatic carbocycles. The molecule has 0 atom stereocenters. The number of hydrogen-bond donors (Lipinski definition) is 2. The highest BCUT2D eigenvalue weighted by Crippen LogP contribution is 2.35. The summed E-state index contributed by atoms with van der Waals surface area (Å²) in [5, 5.41) is 14.6. The molecule has 0 aliphatic heterocycles. The van der Waals surface area contributed by atoms with E-state index in [0.717, 1.165) is 36.1 Å². The fourth-order valence-electron chi connectivity index (χ4n) is 2.75. The molecule has 0 spiro atoms. The smallest absolute Gasteiger partial charge is 0.246 e. The summed E-state index contributed by atoms with van der Waals surface area (Å²) in [4.78, 5) is 13.2. The molecule has 3 nitrogen and oxygen atoms in total. The molecular weight excluding hydrogens is 270 g/mol. The maximum atomic E-state index is 12.1. The van der Waals surface area contributed by atoms with Crippen LogP contribution < -0.4 is 5.32 Å². The van der Waals surface area contributed by atoms with Gasteiger partial charge in [-0.25, -0.2) is 0 Å². The number of amides is 1. The highest BCUT2D eigenvalue weighted by molar-refractivity contribution is 7.10. The molecule has 0 radical (unpaired) electrons. The van der Waals surface area contributed by atoms with E-state index < -0.39 is 0 Å². The van der Waals surface area contributed by atoms with Crippen LogP contribution in [0.3, 0.4) is 0 Å². The van der Waals surface area contributed by atoms with Gasteiger partial charge in [0.1, 0.15) is 0 Å². The van der Waals surface area contributed by atoms with Crippen molar-refractivity contribution in [3.8, 4) is 0 Å². The van der Waals surface area contributed by atoms with Gasteiger partial charge >= 0.3 is 0 Å². The molecule has 0 aromatic carbocycles. The minimum Gasteiger partial charge on any atom is -0.396 e. The first-order valence-corrected chi connectivity index (χ1v) is 8.14. The summed E-state index contributed by atoms with van der Waals surface area (Å²) in [5.41, 5.74) is 0.619.